The lowest BCUT2D eigenvalue weighted by molar-refractivity contribution is -0.137. The zero-order chi connectivity index (χ0) is 19.8. The van der Waals surface area contributed by atoms with Gasteiger partial charge in [-0.05, 0) is 18.1 Å². The van der Waals surface area contributed by atoms with Crippen LogP contribution >= 0.6 is 11.6 Å². The van der Waals surface area contributed by atoms with E-state index in [4.69, 9.17) is 11.6 Å². The van der Waals surface area contributed by atoms with Crippen molar-refractivity contribution >= 4 is 23.2 Å². The van der Waals surface area contributed by atoms with Crippen molar-refractivity contribution in [2.75, 3.05) is 7.05 Å². The van der Waals surface area contributed by atoms with E-state index in [2.05, 4.69) is 4.98 Å². The first kappa shape index (κ1) is 19.2. The van der Waals surface area contributed by atoms with Gasteiger partial charge in [0, 0.05) is 19.8 Å². The average Bonchev–Trinajstić information content (AvgIpc) is 3.00. The summed E-state index contributed by atoms with van der Waals surface area (Å²) in [4.78, 5) is 18.7. The Balaban J connectivity index is 2.08. The molecule has 0 bridgehead atoms. The summed E-state index contributed by atoms with van der Waals surface area (Å²) in [6.45, 7) is 2.11. The van der Waals surface area contributed by atoms with Crippen molar-refractivity contribution in [2.24, 2.45) is 0 Å². The van der Waals surface area contributed by atoms with Gasteiger partial charge >= 0.3 is 6.18 Å². The van der Waals surface area contributed by atoms with Gasteiger partial charge in [0.25, 0.3) is 5.91 Å². The van der Waals surface area contributed by atoms with Gasteiger partial charge in [-0.1, -0.05) is 48.9 Å². The molecule has 0 aliphatic rings. The first-order valence-electron chi connectivity index (χ1n) is 8.29. The Kier molecular flexibility index (Phi) is 5.15. The molecular formula is C19H17ClF3N3O. The van der Waals surface area contributed by atoms with Gasteiger partial charge in [0.2, 0.25) is 0 Å². The SMILES string of the molecule is CCc1nc2c(Cl)cc(C(F)(F)F)cn2c1C(=O)N(C)Cc1ccccc1. The van der Waals surface area contributed by atoms with Crippen LogP contribution in [0.25, 0.3) is 5.65 Å². The first-order chi connectivity index (χ1) is 12.7. The molecule has 3 aromatic rings. The molecule has 0 spiro atoms. The normalized spacial score (nSPS) is 11.8. The number of aryl methyl sites for hydroxylation is 1. The molecule has 1 amide bonds. The third-order valence-corrected chi connectivity index (χ3v) is 4.50. The Bertz CT molecular complexity index is 983. The van der Waals surface area contributed by atoms with Crippen LogP contribution in [0.3, 0.4) is 0 Å². The van der Waals surface area contributed by atoms with E-state index in [1.807, 2.05) is 30.3 Å². The molecule has 0 radical (unpaired) electrons. The summed E-state index contributed by atoms with van der Waals surface area (Å²) in [5, 5.41) is -0.149. The van der Waals surface area contributed by atoms with Crippen molar-refractivity contribution in [3.8, 4) is 0 Å². The monoisotopic (exact) mass is 395 g/mol. The van der Waals surface area contributed by atoms with Crippen LogP contribution in [0.2, 0.25) is 5.02 Å². The molecule has 4 nitrogen and oxygen atoms in total. The maximum Gasteiger partial charge on any atom is 0.417 e. The molecule has 0 unspecified atom stereocenters. The summed E-state index contributed by atoms with van der Waals surface area (Å²) >= 11 is 6.02. The molecule has 0 aliphatic carbocycles. The lowest BCUT2D eigenvalue weighted by Crippen LogP contribution is -2.28. The van der Waals surface area contributed by atoms with Crippen molar-refractivity contribution in [2.45, 2.75) is 26.1 Å². The zero-order valence-corrected chi connectivity index (χ0v) is 15.5. The summed E-state index contributed by atoms with van der Waals surface area (Å²) in [5.41, 5.74) is 0.618. The maximum atomic E-state index is 13.2. The Morgan fingerprint density at radius 3 is 2.52 bits per heavy atom. The van der Waals surface area contributed by atoms with Crippen LogP contribution < -0.4 is 0 Å². The third kappa shape index (κ3) is 3.78. The summed E-state index contributed by atoms with van der Waals surface area (Å²) in [6, 6.07) is 10.1. The van der Waals surface area contributed by atoms with Crippen LogP contribution in [-0.4, -0.2) is 27.2 Å². The second kappa shape index (κ2) is 7.23. The fraction of sp³-hybridized carbons (Fsp3) is 0.263. The minimum atomic E-state index is -4.58. The number of aromatic nitrogens is 2. The minimum absolute atomic E-state index is 0.0962. The number of nitrogens with zero attached hydrogens (tertiary/aromatic N) is 3. The van der Waals surface area contributed by atoms with Gasteiger partial charge in [-0.2, -0.15) is 13.2 Å². The molecule has 1 aromatic carbocycles. The van der Waals surface area contributed by atoms with Gasteiger partial charge < -0.3 is 4.90 Å². The molecule has 0 saturated carbocycles. The average molecular weight is 396 g/mol. The molecule has 2 heterocycles. The van der Waals surface area contributed by atoms with Gasteiger partial charge in [-0.3, -0.25) is 9.20 Å². The van der Waals surface area contributed by atoms with Gasteiger partial charge in [0.1, 0.15) is 5.69 Å². The number of imidazole rings is 1. The second-order valence-electron chi connectivity index (χ2n) is 6.18. The predicted molar refractivity (Wildman–Crippen MR) is 96.8 cm³/mol. The van der Waals surface area contributed by atoms with E-state index in [0.717, 1.165) is 22.2 Å². The Morgan fingerprint density at radius 1 is 1.26 bits per heavy atom. The zero-order valence-electron chi connectivity index (χ0n) is 14.7. The molecule has 0 saturated heterocycles. The van der Waals surface area contributed by atoms with Gasteiger partial charge in [-0.15, -0.1) is 0 Å². The highest BCUT2D eigenvalue weighted by Gasteiger charge is 2.33. The number of fused-ring (bicyclic) bond motifs is 1. The fourth-order valence-corrected chi connectivity index (χ4v) is 3.14. The van der Waals surface area contributed by atoms with Crippen molar-refractivity contribution < 1.29 is 18.0 Å². The highest BCUT2D eigenvalue weighted by Crippen LogP contribution is 2.33. The van der Waals surface area contributed by atoms with Crippen molar-refractivity contribution in [3.63, 3.8) is 0 Å². The Labute approximate surface area is 159 Å². The number of hydrogen-bond acceptors (Lipinski definition) is 2. The fourth-order valence-electron chi connectivity index (χ4n) is 2.89. The van der Waals surface area contributed by atoms with Crippen LogP contribution in [0.15, 0.2) is 42.6 Å². The van der Waals surface area contributed by atoms with Crippen molar-refractivity contribution in [1.29, 1.82) is 0 Å². The number of carbonyl (C=O) groups is 1. The number of alkyl halides is 3. The van der Waals surface area contributed by atoms with E-state index >= 15 is 0 Å². The minimum Gasteiger partial charge on any atom is -0.336 e. The number of hydrogen-bond donors (Lipinski definition) is 0. The van der Waals surface area contributed by atoms with E-state index in [9.17, 15) is 18.0 Å². The van der Waals surface area contributed by atoms with Crippen LogP contribution in [-0.2, 0) is 19.1 Å². The van der Waals surface area contributed by atoms with E-state index in [0.29, 0.717) is 18.7 Å². The molecule has 0 fully saturated rings. The summed E-state index contributed by atoms with van der Waals surface area (Å²) in [5.74, 6) is -0.418. The highest BCUT2D eigenvalue weighted by atomic mass is 35.5. The maximum absolute atomic E-state index is 13.2. The van der Waals surface area contributed by atoms with Gasteiger partial charge in [0.05, 0.1) is 16.3 Å². The number of rotatable bonds is 4. The molecule has 2 aromatic heterocycles. The third-order valence-electron chi connectivity index (χ3n) is 4.22. The number of amides is 1. The van der Waals surface area contributed by atoms with Crippen LogP contribution in [0, 0.1) is 0 Å². The van der Waals surface area contributed by atoms with E-state index in [1.165, 1.54) is 4.90 Å². The van der Waals surface area contributed by atoms with Crippen LogP contribution in [0.5, 0.6) is 0 Å². The lowest BCUT2D eigenvalue weighted by Gasteiger charge is -2.18. The number of benzene rings is 1. The molecule has 0 aliphatic heterocycles. The highest BCUT2D eigenvalue weighted by molar-refractivity contribution is 6.33. The quantitative estimate of drug-likeness (QED) is 0.634. The Morgan fingerprint density at radius 2 is 1.93 bits per heavy atom. The molecule has 142 valence electrons. The molecule has 0 atom stereocenters. The van der Waals surface area contributed by atoms with Crippen LogP contribution in [0.4, 0.5) is 13.2 Å². The molecule has 27 heavy (non-hydrogen) atoms. The topological polar surface area (TPSA) is 37.6 Å². The van der Waals surface area contributed by atoms with Crippen molar-refractivity contribution in [3.05, 3.63) is 70.1 Å². The predicted octanol–water partition coefficient (Wildman–Crippen LogP) is 4.84. The van der Waals surface area contributed by atoms with Crippen molar-refractivity contribution in [1.82, 2.24) is 14.3 Å². The molecular weight excluding hydrogens is 379 g/mol. The molecule has 0 N–H and O–H groups in total. The number of pyridine rings is 1. The largest absolute Gasteiger partial charge is 0.417 e. The van der Waals surface area contributed by atoms with E-state index in [1.54, 1.807) is 14.0 Å². The number of carbonyl (C=O) groups excluding carboxylic acids is 1. The van der Waals surface area contributed by atoms with Gasteiger partial charge in [-0.25, -0.2) is 4.98 Å². The molecule has 8 heteroatoms. The lowest BCUT2D eigenvalue weighted by atomic mass is 10.2. The van der Waals surface area contributed by atoms with Gasteiger partial charge in [0.15, 0.2) is 5.65 Å². The van der Waals surface area contributed by atoms with E-state index < -0.39 is 17.6 Å². The first-order valence-corrected chi connectivity index (χ1v) is 8.67. The Hall–Kier alpha value is -2.54. The second-order valence-corrected chi connectivity index (χ2v) is 6.58. The van der Waals surface area contributed by atoms with E-state index in [-0.39, 0.29) is 16.4 Å². The summed E-state index contributed by atoms with van der Waals surface area (Å²) in [6.07, 6.45) is -3.32. The summed E-state index contributed by atoms with van der Waals surface area (Å²) in [7, 11) is 1.60. The molecule has 3 rings (SSSR count). The standard InChI is InChI=1S/C19H17ClF3N3O/c1-3-15-16(18(27)25(2)10-12-7-5-4-6-8-12)26-11-13(19(21,22)23)9-14(20)17(26)24-15/h4-9,11H,3,10H2,1-2H3. The smallest absolute Gasteiger partial charge is 0.336 e. The summed E-state index contributed by atoms with van der Waals surface area (Å²) < 4.78 is 40.7. The number of halogens is 4. The van der Waals surface area contributed by atoms with Crippen LogP contribution in [0.1, 0.15) is 34.2 Å².